The van der Waals surface area contributed by atoms with E-state index in [9.17, 15) is 14.4 Å². The van der Waals surface area contributed by atoms with Gasteiger partial charge < -0.3 is 4.90 Å². The number of hydrogen-bond donors (Lipinski definition) is 1. The Labute approximate surface area is 121 Å². The number of amides is 1. The van der Waals surface area contributed by atoms with Gasteiger partial charge in [-0.25, -0.2) is 0 Å². The fourth-order valence-corrected chi connectivity index (χ4v) is 3.13. The van der Waals surface area contributed by atoms with Gasteiger partial charge in [-0.15, -0.1) is 0 Å². The Kier molecular flexibility index (Phi) is 3.16. The summed E-state index contributed by atoms with van der Waals surface area (Å²) in [6.45, 7) is 2.94. The van der Waals surface area contributed by atoms with Crippen molar-refractivity contribution in [3.8, 4) is 0 Å². The van der Waals surface area contributed by atoms with Crippen LogP contribution in [0.5, 0.6) is 0 Å². The number of carbonyl (C=O) groups is 3. The smallest absolute Gasteiger partial charge is 0.278 e. The van der Waals surface area contributed by atoms with E-state index < -0.39 is 5.92 Å². The van der Waals surface area contributed by atoms with Gasteiger partial charge in [0.05, 0.1) is 18.2 Å². The maximum Gasteiger partial charge on any atom is 0.278 e. The Morgan fingerprint density at radius 3 is 2.75 bits per heavy atom. The van der Waals surface area contributed by atoms with Crippen molar-refractivity contribution in [1.29, 1.82) is 0 Å². The molecule has 0 saturated carbocycles. The number of nitrogens with zero attached hydrogens (tertiary/aromatic N) is 3. The monoisotopic (exact) mass is 293 g/mol. The number of fused-ring (bicyclic) bond motifs is 3. The second-order valence-corrected chi connectivity index (χ2v) is 5.65. The highest BCUT2D eigenvalue weighted by Crippen LogP contribution is 2.29. The molecular formula is C13H15N3O3S. The highest BCUT2D eigenvalue weighted by molar-refractivity contribution is 7.96. The van der Waals surface area contributed by atoms with Gasteiger partial charge in [-0.2, -0.15) is 5.10 Å². The lowest BCUT2D eigenvalue weighted by Gasteiger charge is -2.26. The summed E-state index contributed by atoms with van der Waals surface area (Å²) in [5.41, 5.74) is 2.16. The molecule has 1 unspecified atom stereocenters. The topological polar surface area (TPSA) is 72.3 Å². The zero-order valence-electron chi connectivity index (χ0n) is 11.1. The summed E-state index contributed by atoms with van der Waals surface area (Å²) in [5.74, 6) is -0.828. The molecule has 3 rings (SSSR count). The minimum atomic E-state index is -0.564. The van der Waals surface area contributed by atoms with Gasteiger partial charge in [0.15, 0.2) is 5.78 Å². The molecule has 1 aromatic heterocycles. The molecule has 0 saturated heterocycles. The fourth-order valence-electron chi connectivity index (χ4n) is 2.96. The van der Waals surface area contributed by atoms with Crippen LogP contribution >= 0.6 is 12.6 Å². The Morgan fingerprint density at radius 1 is 1.35 bits per heavy atom. The first-order chi connectivity index (χ1) is 9.49. The van der Waals surface area contributed by atoms with Gasteiger partial charge in [-0.05, 0) is 13.3 Å². The molecule has 0 fully saturated rings. The lowest BCUT2D eigenvalue weighted by atomic mass is 9.89. The van der Waals surface area contributed by atoms with Crippen LogP contribution in [0.15, 0.2) is 0 Å². The van der Waals surface area contributed by atoms with Crippen LogP contribution in [0, 0.1) is 5.92 Å². The molecule has 1 amide bonds. The average molecular weight is 293 g/mol. The van der Waals surface area contributed by atoms with Crippen molar-refractivity contribution in [3.63, 3.8) is 0 Å². The Morgan fingerprint density at radius 2 is 2.10 bits per heavy atom. The van der Waals surface area contributed by atoms with Crippen LogP contribution in [0.3, 0.4) is 0 Å². The van der Waals surface area contributed by atoms with Gasteiger partial charge >= 0.3 is 0 Å². The van der Waals surface area contributed by atoms with Crippen LogP contribution < -0.4 is 0 Å². The van der Waals surface area contributed by atoms with Gasteiger partial charge in [0.2, 0.25) is 0 Å². The fraction of sp³-hybridized carbons (Fsp3) is 0.538. The molecule has 0 bridgehead atoms. The van der Waals surface area contributed by atoms with Crippen molar-refractivity contribution in [2.45, 2.75) is 32.9 Å². The molecule has 20 heavy (non-hydrogen) atoms. The molecule has 7 heteroatoms. The first-order valence-electron chi connectivity index (χ1n) is 6.60. The highest BCUT2D eigenvalue weighted by atomic mass is 32.1. The van der Waals surface area contributed by atoms with E-state index in [1.54, 1.807) is 9.58 Å². The molecular weight excluding hydrogens is 278 g/mol. The number of rotatable bonds is 1. The van der Waals surface area contributed by atoms with Crippen LogP contribution in [-0.2, 0) is 24.3 Å². The number of thiol groups is 1. The Bertz CT molecular complexity index is 623. The summed E-state index contributed by atoms with van der Waals surface area (Å²) in [7, 11) is 0. The number of hydrogen-bond acceptors (Lipinski definition) is 4. The van der Waals surface area contributed by atoms with Crippen LogP contribution in [0.25, 0.3) is 0 Å². The first-order valence-corrected chi connectivity index (χ1v) is 7.05. The van der Waals surface area contributed by atoms with Gasteiger partial charge in [0.1, 0.15) is 11.5 Å². The predicted octanol–water partition coefficient (Wildman–Crippen LogP) is 1.08. The molecule has 106 valence electrons. The molecule has 1 atom stereocenters. The second-order valence-electron chi connectivity index (χ2n) is 5.27. The Balaban J connectivity index is 2.02. The van der Waals surface area contributed by atoms with E-state index in [-0.39, 0.29) is 16.8 Å². The lowest BCUT2D eigenvalue weighted by molar-refractivity contribution is -0.119. The molecule has 3 heterocycles. The van der Waals surface area contributed by atoms with Crippen LogP contribution in [0.2, 0.25) is 0 Å². The molecule has 0 spiro atoms. The molecule has 1 aromatic rings. The summed E-state index contributed by atoms with van der Waals surface area (Å²) in [4.78, 5) is 37.0. The first kappa shape index (κ1) is 13.4. The number of carbonyl (C=O) groups excluding carboxylic acids is 3. The second kappa shape index (κ2) is 4.73. The van der Waals surface area contributed by atoms with Crippen molar-refractivity contribution in [2.75, 3.05) is 6.54 Å². The van der Waals surface area contributed by atoms with Gasteiger partial charge in [-0.3, -0.25) is 19.1 Å². The van der Waals surface area contributed by atoms with Crippen LogP contribution in [0.4, 0.5) is 4.79 Å². The minimum Gasteiger partial charge on any atom is -0.329 e. The van der Waals surface area contributed by atoms with E-state index in [1.165, 1.54) is 6.92 Å². The van der Waals surface area contributed by atoms with E-state index >= 15 is 0 Å². The lowest BCUT2D eigenvalue weighted by Crippen LogP contribution is -2.35. The molecule has 0 radical (unpaired) electrons. The third-order valence-corrected chi connectivity index (χ3v) is 4.32. The highest BCUT2D eigenvalue weighted by Gasteiger charge is 2.37. The zero-order chi connectivity index (χ0) is 14.4. The van der Waals surface area contributed by atoms with E-state index in [0.717, 1.165) is 11.3 Å². The summed E-state index contributed by atoms with van der Waals surface area (Å²) in [6.07, 6.45) is 1.14. The van der Waals surface area contributed by atoms with Crippen LogP contribution in [-0.4, -0.2) is 38.0 Å². The molecule has 2 aliphatic heterocycles. The Hall–Kier alpha value is -1.63. The largest absolute Gasteiger partial charge is 0.329 e. The van der Waals surface area contributed by atoms with E-state index in [2.05, 4.69) is 17.7 Å². The molecule has 0 aromatic carbocycles. The third kappa shape index (κ3) is 1.96. The summed E-state index contributed by atoms with van der Waals surface area (Å²) < 4.78 is 1.69. The van der Waals surface area contributed by atoms with Crippen LogP contribution in [0.1, 0.15) is 35.1 Å². The summed E-state index contributed by atoms with van der Waals surface area (Å²) in [6, 6.07) is 0. The number of Topliss-reactive ketones (excluding diaryl/α,β-unsaturated/α-hetero) is 2. The molecule has 0 N–H and O–H groups in total. The summed E-state index contributed by atoms with van der Waals surface area (Å²) in [5, 5.41) is 4.15. The normalized spacial score (nSPS) is 21.4. The predicted molar refractivity (Wildman–Crippen MR) is 73.8 cm³/mol. The van der Waals surface area contributed by atoms with Crippen molar-refractivity contribution < 1.29 is 14.4 Å². The van der Waals surface area contributed by atoms with Gasteiger partial charge in [0, 0.05) is 25.1 Å². The van der Waals surface area contributed by atoms with Crippen molar-refractivity contribution in [3.05, 3.63) is 17.0 Å². The average Bonchev–Trinajstić information content (AvgIpc) is 2.76. The number of ketones is 2. The van der Waals surface area contributed by atoms with Gasteiger partial charge in [-0.1, -0.05) is 12.6 Å². The maximum atomic E-state index is 12.5. The number of aromatic nitrogens is 2. The molecule has 6 nitrogen and oxygen atoms in total. The standard InChI is InChI=1S/C13H15N3O3S/c1-7(17)8-2-5-16-11(12(8)18)9-6-15(13(19)20)4-3-10(9)14-16/h8H,2-6H2,1H3,(H,19,20). The summed E-state index contributed by atoms with van der Waals surface area (Å²) >= 11 is 3.83. The minimum absolute atomic E-state index is 0.103. The molecule has 0 aliphatic carbocycles. The zero-order valence-corrected chi connectivity index (χ0v) is 12.0. The molecule has 2 aliphatic rings. The van der Waals surface area contributed by atoms with E-state index in [0.29, 0.717) is 38.2 Å². The van der Waals surface area contributed by atoms with E-state index in [4.69, 9.17) is 0 Å². The maximum absolute atomic E-state index is 12.5. The van der Waals surface area contributed by atoms with Crippen molar-refractivity contribution in [1.82, 2.24) is 14.7 Å². The van der Waals surface area contributed by atoms with Gasteiger partial charge in [0.25, 0.3) is 5.24 Å². The van der Waals surface area contributed by atoms with Crippen molar-refractivity contribution >= 4 is 29.4 Å². The quantitative estimate of drug-likeness (QED) is 0.621. The van der Waals surface area contributed by atoms with Crippen molar-refractivity contribution in [2.24, 2.45) is 5.92 Å². The third-order valence-electron chi connectivity index (χ3n) is 4.04. The number of aryl methyl sites for hydroxylation is 1. The SMILES string of the molecule is CC(=O)C1CCn2nc3c(c2C1=O)CN(C(=O)S)CC3. The van der Waals surface area contributed by atoms with E-state index in [1.807, 2.05) is 0 Å².